The minimum absolute atomic E-state index is 0.00961. The van der Waals surface area contributed by atoms with E-state index in [9.17, 15) is 31.1 Å². The lowest BCUT2D eigenvalue weighted by Crippen LogP contribution is -2.55. The molecule has 0 aliphatic heterocycles. The summed E-state index contributed by atoms with van der Waals surface area (Å²) < 4.78 is 93.6. The molecule has 0 bridgehead atoms. The fourth-order valence-electron chi connectivity index (χ4n) is 3.12. The number of hydrogen-bond donors (Lipinski definition) is 1. The van der Waals surface area contributed by atoms with Crippen LogP contribution in [0.5, 0.6) is 0 Å². The van der Waals surface area contributed by atoms with Crippen LogP contribution in [-0.4, -0.2) is 35.4 Å². The van der Waals surface area contributed by atoms with Gasteiger partial charge >= 0.3 is 18.3 Å². The minimum Gasteiger partial charge on any atom is -0.439 e. The number of hydrogen-bond acceptors (Lipinski definition) is 4. The zero-order chi connectivity index (χ0) is 24.8. The molecule has 5 nitrogen and oxygen atoms in total. The topological polar surface area (TPSA) is 64.2 Å². The predicted octanol–water partition coefficient (Wildman–Crippen LogP) is 6.29. The number of methoxy groups -OCH3 is 1. The molecule has 178 valence electrons. The van der Waals surface area contributed by atoms with E-state index in [1.165, 1.54) is 12.1 Å². The maximum absolute atomic E-state index is 14.1. The summed E-state index contributed by atoms with van der Waals surface area (Å²) in [6, 6.07) is 7.78. The molecule has 0 spiro atoms. The zero-order valence-corrected chi connectivity index (χ0v) is 18.2. The van der Waals surface area contributed by atoms with Crippen molar-refractivity contribution >= 4 is 40.2 Å². The van der Waals surface area contributed by atoms with Gasteiger partial charge in [0, 0.05) is 12.7 Å². The van der Waals surface area contributed by atoms with Crippen molar-refractivity contribution < 1.29 is 40.6 Å². The predicted molar refractivity (Wildman–Crippen MR) is 107 cm³/mol. The molecule has 1 aromatic heterocycles. The maximum atomic E-state index is 14.1. The monoisotopic (exact) mass is 514 g/mol. The van der Waals surface area contributed by atoms with Gasteiger partial charge in [-0.05, 0) is 19.1 Å². The molecule has 3 aromatic rings. The lowest BCUT2D eigenvalue weighted by atomic mass is 9.92. The second kappa shape index (κ2) is 8.37. The van der Waals surface area contributed by atoms with Gasteiger partial charge in [0.15, 0.2) is 5.82 Å². The Hall–Kier alpha value is -2.50. The van der Waals surface area contributed by atoms with Crippen LogP contribution in [0.1, 0.15) is 18.3 Å². The lowest BCUT2D eigenvalue weighted by Gasteiger charge is -2.37. The average molecular weight is 515 g/mol. The number of nitrogens with zero attached hydrogens (tertiary/aromatic N) is 1. The summed E-state index contributed by atoms with van der Waals surface area (Å²) in [5, 5.41) is -0.0305. The summed E-state index contributed by atoms with van der Waals surface area (Å²) in [5.41, 5.74) is -8.31. The number of carbonyl (C=O) groups excluding carboxylic acids is 1. The molecule has 0 aliphatic carbocycles. The van der Waals surface area contributed by atoms with Crippen molar-refractivity contribution in [1.82, 2.24) is 9.97 Å². The highest BCUT2D eigenvalue weighted by molar-refractivity contribution is 6.42. The fourth-order valence-corrected chi connectivity index (χ4v) is 3.44. The molecule has 2 unspecified atom stereocenters. The highest BCUT2D eigenvalue weighted by Crippen LogP contribution is 2.47. The van der Waals surface area contributed by atoms with Crippen LogP contribution in [0, 0.1) is 0 Å². The van der Waals surface area contributed by atoms with Gasteiger partial charge in [0.2, 0.25) is 0 Å². The molecule has 1 N–H and O–H groups in total. The van der Waals surface area contributed by atoms with E-state index in [0.717, 1.165) is 30.3 Å². The first-order valence-corrected chi connectivity index (χ1v) is 9.76. The maximum Gasteiger partial charge on any atom is 0.435 e. The molecular formula is C20H14Cl2F6N2O3. The quantitative estimate of drug-likeness (QED) is 0.320. The fraction of sp³-hybridized carbons (Fsp3) is 0.300. The number of aromatic amines is 1. The lowest BCUT2D eigenvalue weighted by molar-refractivity contribution is -0.307. The Kier molecular flexibility index (Phi) is 6.37. The number of imidazole rings is 1. The van der Waals surface area contributed by atoms with Gasteiger partial charge in [-0.15, -0.1) is 0 Å². The van der Waals surface area contributed by atoms with E-state index in [2.05, 4.69) is 19.4 Å². The van der Waals surface area contributed by atoms with Gasteiger partial charge in [0.05, 0.1) is 21.1 Å². The SMILES string of the molecule is COC(C(=O)OC(C)(c1nc2cc(Cl)c(Cl)cc2[nH]1)C(F)(F)F)(c1ccccc1)C(F)(F)F. The molecule has 33 heavy (non-hydrogen) atoms. The van der Waals surface area contributed by atoms with Gasteiger partial charge in [-0.25, -0.2) is 9.78 Å². The number of alkyl halides is 6. The number of aromatic nitrogens is 2. The van der Waals surface area contributed by atoms with Crippen molar-refractivity contribution in [2.75, 3.05) is 7.11 Å². The van der Waals surface area contributed by atoms with E-state index >= 15 is 0 Å². The van der Waals surface area contributed by atoms with Crippen molar-refractivity contribution in [3.63, 3.8) is 0 Å². The minimum atomic E-state index is -5.47. The van der Waals surface area contributed by atoms with Crippen LogP contribution >= 0.6 is 23.2 Å². The molecule has 0 saturated carbocycles. The summed E-state index contributed by atoms with van der Waals surface area (Å²) in [5.74, 6) is -3.32. The standard InChI is InChI=1S/C20H14Cl2F6N2O3/c1-17(19(23,24)25,15-29-13-8-11(21)12(22)9-14(13)30-15)33-16(31)18(32-2,20(26,27)28)10-6-4-3-5-7-10/h3-9H,1-2H3,(H,29,30). The Balaban J connectivity index is 2.17. The number of H-pyrrole nitrogens is 1. The van der Waals surface area contributed by atoms with E-state index in [-0.39, 0.29) is 21.1 Å². The molecule has 13 heteroatoms. The van der Waals surface area contributed by atoms with Crippen LogP contribution < -0.4 is 0 Å². The summed E-state index contributed by atoms with van der Waals surface area (Å²) in [6.07, 6.45) is -10.9. The number of halogens is 8. The Labute approximate surface area is 192 Å². The third-order valence-corrected chi connectivity index (χ3v) is 5.71. The smallest absolute Gasteiger partial charge is 0.435 e. The van der Waals surface area contributed by atoms with Gasteiger partial charge in [-0.1, -0.05) is 53.5 Å². The second-order valence-corrected chi connectivity index (χ2v) is 7.85. The van der Waals surface area contributed by atoms with Gasteiger partial charge < -0.3 is 14.5 Å². The molecule has 3 rings (SSSR count). The van der Waals surface area contributed by atoms with Gasteiger partial charge in [-0.3, -0.25) is 0 Å². The molecule has 2 atom stereocenters. The number of carbonyl (C=O) groups is 1. The van der Waals surface area contributed by atoms with Gasteiger partial charge in [-0.2, -0.15) is 26.3 Å². The van der Waals surface area contributed by atoms with E-state index in [0.29, 0.717) is 14.0 Å². The van der Waals surface area contributed by atoms with Crippen LogP contribution in [0.4, 0.5) is 26.3 Å². The van der Waals surface area contributed by atoms with Crippen LogP contribution in [0.2, 0.25) is 10.0 Å². The number of ether oxygens (including phenoxy) is 2. The molecule has 0 saturated heterocycles. The third kappa shape index (κ3) is 4.13. The normalized spacial score (nSPS) is 16.3. The van der Waals surface area contributed by atoms with Crippen LogP contribution in [0.15, 0.2) is 42.5 Å². The highest BCUT2D eigenvalue weighted by Gasteiger charge is 2.67. The number of rotatable bonds is 5. The van der Waals surface area contributed by atoms with Crippen molar-refractivity contribution in [3.8, 4) is 0 Å². The molecular weight excluding hydrogens is 501 g/mol. The van der Waals surface area contributed by atoms with Crippen LogP contribution in [0.25, 0.3) is 11.0 Å². The Morgan fingerprint density at radius 3 is 2.06 bits per heavy atom. The number of fused-ring (bicyclic) bond motifs is 1. The number of nitrogens with one attached hydrogen (secondary N) is 1. The van der Waals surface area contributed by atoms with Gasteiger partial charge in [0.25, 0.3) is 11.2 Å². The molecule has 0 aliphatic rings. The summed E-state index contributed by atoms with van der Waals surface area (Å²) in [7, 11) is 0.540. The van der Waals surface area contributed by atoms with Crippen molar-refractivity contribution in [3.05, 3.63) is 63.9 Å². The Morgan fingerprint density at radius 1 is 0.970 bits per heavy atom. The largest absolute Gasteiger partial charge is 0.439 e. The van der Waals surface area contributed by atoms with Crippen molar-refractivity contribution in [2.45, 2.75) is 30.5 Å². The third-order valence-electron chi connectivity index (χ3n) is 4.99. The summed E-state index contributed by atoms with van der Waals surface area (Å²) >= 11 is 11.7. The van der Waals surface area contributed by atoms with Crippen molar-refractivity contribution in [2.24, 2.45) is 0 Å². The first-order chi connectivity index (χ1) is 15.2. The number of esters is 1. The second-order valence-electron chi connectivity index (χ2n) is 7.04. The zero-order valence-electron chi connectivity index (χ0n) is 16.7. The Bertz CT molecular complexity index is 1140. The number of benzene rings is 2. The first kappa shape index (κ1) is 25.1. The van der Waals surface area contributed by atoms with E-state index in [1.807, 2.05) is 0 Å². The van der Waals surface area contributed by atoms with E-state index in [4.69, 9.17) is 23.2 Å². The highest BCUT2D eigenvalue weighted by atomic mass is 35.5. The van der Waals surface area contributed by atoms with Crippen LogP contribution in [-0.2, 0) is 25.5 Å². The van der Waals surface area contributed by atoms with E-state index in [1.54, 1.807) is 0 Å². The Morgan fingerprint density at radius 2 is 1.55 bits per heavy atom. The van der Waals surface area contributed by atoms with Crippen molar-refractivity contribution in [1.29, 1.82) is 0 Å². The molecule has 0 amide bonds. The average Bonchev–Trinajstić information content (AvgIpc) is 3.11. The molecule has 1 heterocycles. The van der Waals surface area contributed by atoms with Crippen LogP contribution in [0.3, 0.4) is 0 Å². The molecule has 2 aromatic carbocycles. The molecule has 0 fully saturated rings. The molecule has 0 radical (unpaired) electrons. The summed E-state index contributed by atoms with van der Waals surface area (Å²) in [4.78, 5) is 18.9. The van der Waals surface area contributed by atoms with Gasteiger partial charge in [0.1, 0.15) is 0 Å². The first-order valence-electron chi connectivity index (χ1n) is 9.00. The van der Waals surface area contributed by atoms with E-state index < -0.39 is 40.9 Å². The summed E-state index contributed by atoms with van der Waals surface area (Å²) in [6.45, 7) is 0.369.